The van der Waals surface area contributed by atoms with E-state index in [4.69, 9.17) is 0 Å². The number of aromatic amines is 1. The summed E-state index contributed by atoms with van der Waals surface area (Å²) in [6, 6.07) is 13.5. The van der Waals surface area contributed by atoms with E-state index in [0.717, 1.165) is 27.3 Å². The smallest absolute Gasteiger partial charge is 0.251 e. The largest absolute Gasteiger partial charge is 0.351 e. The van der Waals surface area contributed by atoms with Gasteiger partial charge in [0.2, 0.25) is 0 Å². The van der Waals surface area contributed by atoms with Crippen molar-refractivity contribution in [2.24, 2.45) is 0 Å². The second-order valence-electron chi connectivity index (χ2n) is 5.05. The van der Waals surface area contributed by atoms with E-state index in [9.17, 15) is 4.79 Å². The van der Waals surface area contributed by atoms with Crippen molar-refractivity contribution in [1.29, 1.82) is 0 Å². The van der Waals surface area contributed by atoms with Gasteiger partial charge in [0.25, 0.3) is 5.91 Å². The van der Waals surface area contributed by atoms with Gasteiger partial charge in [-0.1, -0.05) is 30.0 Å². The third kappa shape index (κ3) is 5.61. The first kappa shape index (κ1) is 17.5. The highest BCUT2D eigenvalue weighted by Gasteiger charge is 2.05. The minimum atomic E-state index is -0.0675. The highest BCUT2D eigenvalue weighted by molar-refractivity contribution is 7.99. The van der Waals surface area contributed by atoms with Gasteiger partial charge in [-0.05, 0) is 29.8 Å². The molecule has 0 atom stereocenters. The second kappa shape index (κ2) is 9.24. The summed E-state index contributed by atoms with van der Waals surface area (Å²) in [5, 5.41) is 11.2. The van der Waals surface area contributed by atoms with E-state index < -0.39 is 0 Å². The highest BCUT2D eigenvalue weighted by atomic mass is 32.2. The number of pyridine rings is 1. The molecule has 25 heavy (non-hydrogen) atoms. The van der Waals surface area contributed by atoms with Crippen molar-refractivity contribution in [3.63, 3.8) is 0 Å². The number of carbonyl (C=O) groups excluding carboxylic acids is 1. The van der Waals surface area contributed by atoms with Gasteiger partial charge in [-0.2, -0.15) is 5.10 Å². The molecular formula is C17H17N5OS2. The fourth-order valence-electron chi connectivity index (χ4n) is 2.02. The fraction of sp³-hybridized carbons (Fsp3) is 0.176. The van der Waals surface area contributed by atoms with Gasteiger partial charge in [-0.3, -0.25) is 9.89 Å². The van der Waals surface area contributed by atoms with E-state index in [1.54, 1.807) is 18.0 Å². The molecule has 2 N–H and O–H groups in total. The molecule has 6 nitrogen and oxygen atoms in total. The van der Waals surface area contributed by atoms with Crippen molar-refractivity contribution < 1.29 is 4.79 Å². The van der Waals surface area contributed by atoms with Crippen LogP contribution in [0.5, 0.6) is 0 Å². The summed E-state index contributed by atoms with van der Waals surface area (Å²) in [4.78, 5) is 20.4. The second-order valence-corrected chi connectivity index (χ2v) is 7.13. The number of nitrogens with zero attached hydrogens (tertiary/aromatic N) is 3. The van der Waals surface area contributed by atoms with E-state index in [2.05, 4.69) is 25.5 Å². The van der Waals surface area contributed by atoms with E-state index >= 15 is 0 Å². The normalized spacial score (nSPS) is 10.6. The van der Waals surface area contributed by atoms with Gasteiger partial charge >= 0.3 is 0 Å². The molecule has 0 fully saturated rings. The van der Waals surface area contributed by atoms with Crippen LogP contribution in [-0.2, 0) is 5.75 Å². The Morgan fingerprint density at radius 3 is 2.68 bits per heavy atom. The summed E-state index contributed by atoms with van der Waals surface area (Å²) in [7, 11) is 0. The standard InChI is InChI=1S/C17H17N5OS2/c23-16(19-9-10-24-17-20-12-21-22-17)14-6-4-13(5-7-14)11-25-15-3-1-2-8-18-15/h1-8,12H,9-11H2,(H,19,23)(H,20,21,22). The molecule has 0 saturated carbocycles. The molecular weight excluding hydrogens is 354 g/mol. The molecule has 0 spiro atoms. The number of carbonyl (C=O) groups is 1. The molecule has 0 bridgehead atoms. The molecule has 0 unspecified atom stereocenters. The van der Waals surface area contributed by atoms with Crippen LogP contribution in [0.3, 0.4) is 0 Å². The monoisotopic (exact) mass is 371 g/mol. The number of thioether (sulfide) groups is 2. The van der Waals surface area contributed by atoms with Crippen molar-refractivity contribution in [3.05, 3.63) is 66.1 Å². The SMILES string of the molecule is O=C(NCCSc1ncn[nH]1)c1ccc(CSc2ccccn2)cc1. The zero-order valence-corrected chi connectivity index (χ0v) is 15.0. The van der Waals surface area contributed by atoms with E-state index in [-0.39, 0.29) is 5.91 Å². The van der Waals surface area contributed by atoms with Crippen LogP contribution in [0.15, 0.2) is 65.2 Å². The number of rotatable bonds is 8. The maximum absolute atomic E-state index is 12.1. The number of H-pyrrole nitrogens is 1. The van der Waals surface area contributed by atoms with Gasteiger partial charge in [0.1, 0.15) is 6.33 Å². The lowest BCUT2D eigenvalue weighted by molar-refractivity contribution is 0.0956. The quantitative estimate of drug-likeness (QED) is 0.468. The van der Waals surface area contributed by atoms with Gasteiger partial charge in [0.05, 0.1) is 5.03 Å². The van der Waals surface area contributed by atoms with Gasteiger partial charge in [-0.25, -0.2) is 9.97 Å². The van der Waals surface area contributed by atoms with E-state index in [0.29, 0.717) is 12.1 Å². The van der Waals surface area contributed by atoms with Crippen molar-refractivity contribution in [2.45, 2.75) is 15.9 Å². The fourth-order valence-corrected chi connectivity index (χ4v) is 3.47. The average molecular weight is 371 g/mol. The first-order valence-electron chi connectivity index (χ1n) is 7.70. The zero-order chi connectivity index (χ0) is 17.3. The van der Waals surface area contributed by atoms with Crippen LogP contribution < -0.4 is 5.32 Å². The zero-order valence-electron chi connectivity index (χ0n) is 13.4. The Kier molecular flexibility index (Phi) is 6.47. The molecule has 128 valence electrons. The Morgan fingerprint density at radius 2 is 1.96 bits per heavy atom. The molecule has 2 heterocycles. The minimum absolute atomic E-state index is 0.0675. The summed E-state index contributed by atoms with van der Waals surface area (Å²) >= 11 is 3.19. The van der Waals surface area contributed by atoms with Crippen molar-refractivity contribution in [1.82, 2.24) is 25.5 Å². The van der Waals surface area contributed by atoms with Crippen LogP contribution in [0.1, 0.15) is 15.9 Å². The van der Waals surface area contributed by atoms with Gasteiger partial charge in [0, 0.05) is 29.8 Å². The lowest BCUT2D eigenvalue weighted by atomic mass is 10.1. The number of hydrogen-bond acceptors (Lipinski definition) is 6. The molecule has 0 saturated heterocycles. The molecule has 3 aromatic rings. The Balaban J connectivity index is 1.42. The number of hydrogen-bond donors (Lipinski definition) is 2. The Hall–Kier alpha value is -2.32. The molecule has 0 aliphatic carbocycles. The third-order valence-electron chi connectivity index (χ3n) is 3.26. The van der Waals surface area contributed by atoms with Crippen molar-refractivity contribution in [3.8, 4) is 0 Å². The lowest BCUT2D eigenvalue weighted by Crippen LogP contribution is -2.25. The van der Waals surface area contributed by atoms with Crippen molar-refractivity contribution >= 4 is 29.4 Å². The van der Waals surface area contributed by atoms with Crippen LogP contribution in [0.2, 0.25) is 0 Å². The molecule has 0 aliphatic rings. The van der Waals surface area contributed by atoms with Crippen LogP contribution in [-0.4, -0.2) is 38.4 Å². The van der Waals surface area contributed by atoms with Gasteiger partial charge in [0.15, 0.2) is 5.16 Å². The summed E-state index contributed by atoms with van der Waals surface area (Å²) in [5.74, 6) is 1.49. The van der Waals surface area contributed by atoms with E-state index in [1.165, 1.54) is 18.1 Å². The Labute approximate surface area is 154 Å². The predicted molar refractivity (Wildman–Crippen MR) is 99.7 cm³/mol. The third-order valence-corrected chi connectivity index (χ3v) is 5.15. The van der Waals surface area contributed by atoms with Crippen LogP contribution in [0.25, 0.3) is 0 Å². The van der Waals surface area contributed by atoms with Crippen molar-refractivity contribution in [2.75, 3.05) is 12.3 Å². The van der Waals surface area contributed by atoms with Crippen LogP contribution in [0.4, 0.5) is 0 Å². The first-order chi connectivity index (χ1) is 12.3. The number of amides is 1. The van der Waals surface area contributed by atoms with Gasteiger partial charge < -0.3 is 5.32 Å². The average Bonchev–Trinajstić information content (AvgIpc) is 3.18. The molecule has 0 radical (unpaired) electrons. The molecule has 0 aliphatic heterocycles. The minimum Gasteiger partial charge on any atom is -0.351 e. The Bertz CT molecular complexity index is 779. The number of aromatic nitrogens is 4. The predicted octanol–water partition coefficient (Wildman–Crippen LogP) is 3.01. The van der Waals surface area contributed by atoms with Gasteiger partial charge in [-0.15, -0.1) is 11.8 Å². The summed E-state index contributed by atoms with van der Waals surface area (Å²) in [5.41, 5.74) is 1.82. The summed E-state index contributed by atoms with van der Waals surface area (Å²) in [6.45, 7) is 0.571. The molecule has 8 heteroatoms. The van der Waals surface area contributed by atoms with E-state index in [1.807, 2.05) is 42.5 Å². The maximum atomic E-state index is 12.1. The maximum Gasteiger partial charge on any atom is 0.251 e. The molecule has 1 aromatic carbocycles. The Morgan fingerprint density at radius 1 is 1.08 bits per heavy atom. The number of benzene rings is 1. The summed E-state index contributed by atoms with van der Waals surface area (Å²) < 4.78 is 0. The van der Waals surface area contributed by atoms with Crippen LogP contribution >= 0.6 is 23.5 Å². The molecule has 3 rings (SSSR count). The highest BCUT2D eigenvalue weighted by Crippen LogP contribution is 2.20. The molecule has 1 amide bonds. The molecule has 2 aromatic heterocycles. The summed E-state index contributed by atoms with van der Waals surface area (Å²) in [6.07, 6.45) is 3.26. The number of nitrogens with one attached hydrogen (secondary N) is 2. The first-order valence-corrected chi connectivity index (χ1v) is 9.67. The topological polar surface area (TPSA) is 83.6 Å². The lowest BCUT2D eigenvalue weighted by Gasteiger charge is -2.06. The van der Waals surface area contributed by atoms with Crippen LogP contribution in [0, 0.1) is 0 Å².